The molecule has 8 nitrogen and oxygen atoms in total. The van der Waals surface area contributed by atoms with Crippen molar-refractivity contribution in [2.45, 2.75) is 33.7 Å². The van der Waals surface area contributed by atoms with Gasteiger partial charge in [-0.05, 0) is 45.4 Å². The number of anilines is 1. The van der Waals surface area contributed by atoms with Crippen molar-refractivity contribution in [3.63, 3.8) is 0 Å². The third-order valence-electron chi connectivity index (χ3n) is 6.76. The minimum absolute atomic E-state index is 0.138. The van der Waals surface area contributed by atoms with Crippen LogP contribution in [0.1, 0.15) is 45.8 Å². The number of Topliss-reactive ketones (excluding diaryl/α,β-unsaturated/α-hetero) is 1. The number of amides is 1. The van der Waals surface area contributed by atoms with E-state index in [1.807, 2.05) is 31.2 Å². The summed E-state index contributed by atoms with van der Waals surface area (Å²) >= 11 is 1.29. The molecule has 2 aliphatic rings. The molecule has 4 rings (SSSR count). The Labute approximate surface area is 210 Å². The highest BCUT2D eigenvalue weighted by Gasteiger charge is 2.44. The third kappa shape index (κ3) is 5.12. The summed E-state index contributed by atoms with van der Waals surface area (Å²) in [5.74, 6) is -1.29. The molecule has 0 aliphatic carbocycles. The van der Waals surface area contributed by atoms with Crippen molar-refractivity contribution in [2.24, 2.45) is 0 Å². The molecule has 1 fully saturated rings. The van der Waals surface area contributed by atoms with E-state index >= 15 is 0 Å². The molecule has 1 N–H and O–H groups in total. The lowest BCUT2D eigenvalue weighted by Gasteiger charge is -2.32. The minimum atomic E-state index is -0.649. The first-order chi connectivity index (χ1) is 16.8. The highest BCUT2D eigenvalue weighted by molar-refractivity contribution is 7.14. The zero-order valence-electron chi connectivity index (χ0n) is 20.9. The SMILES string of the molecule is CCN(CC)c1ccc(C2C(C(=O)c3sc(C)nc3C)=C(O)C(=O)N2CCN2CCOCC2)cc1. The van der Waals surface area contributed by atoms with Gasteiger partial charge in [0.15, 0.2) is 5.76 Å². The van der Waals surface area contributed by atoms with Crippen LogP contribution in [0, 0.1) is 13.8 Å². The molecule has 0 bridgehead atoms. The quantitative estimate of drug-likeness (QED) is 0.530. The number of carbonyl (C=O) groups excluding carboxylic acids is 2. The number of rotatable bonds is 9. The van der Waals surface area contributed by atoms with Crippen LogP contribution in [0.2, 0.25) is 0 Å². The number of hydrogen-bond donors (Lipinski definition) is 1. The van der Waals surface area contributed by atoms with Crippen molar-refractivity contribution >= 4 is 28.7 Å². The fourth-order valence-electron chi connectivity index (χ4n) is 4.86. The molecular formula is C26H34N4O4S. The predicted octanol–water partition coefficient (Wildman–Crippen LogP) is 3.52. The Hall–Kier alpha value is -2.75. The summed E-state index contributed by atoms with van der Waals surface area (Å²) in [5.41, 5.74) is 2.65. The Kier molecular flexibility index (Phi) is 7.88. The van der Waals surface area contributed by atoms with Crippen molar-refractivity contribution in [3.05, 3.63) is 56.7 Å². The summed E-state index contributed by atoms with van der Waals surface area (Å²) in [7, 11) is 0. The van der Waals surface area contributed by atoms with E-state index in [0.29, 0.717) is 36.9 Å². The van der Waals surface area contributed by atoms with Crippen LogP contribution in [0.4, 0.5) is 5.69 Å². The van der Waals surface area contributed by atoms with Gasteiger partial charge >= 0.3 is 0 Å². The van der Waals surface area contributed by atoms with E-state index in [1.165, 1.54) is 11.3 Å². The van der Waals surface area contributed by atoms with Gasteiger partial charge in [0.2, 0.25) is 5.78 Å². The number of aliphatic hydroxyl groups is 1. The molecule has 0 saturated carbocycles. The number of ketones is 1. The van der Waals surface area contributed by atoms with Crippen molar-refractivity contribution in [1.29, 1.82) is 0 Å². The third-order valence-corrected chi connectivity index (χ3v) is 7.83. The Balaban J connectivity index is 1.69. The first-order valence-electron chi connectivity index (χ1n) is 12.2. The van der Waals surface area contributed by atoms with E-state index < -0.39 is 17.7 Å². The lowest BCUT2D eigenvalue weighted by molar-refractivity contribution is -0.129. The Morgan fingerprint density at radius 1 is 1.14 bits per heavy atom. The lowest BCUT2D eigenvalue weighted by Crippen LogP contribution is -2.43. The average Bonchev–Trinajstić information content (AvgIpc) is 3.34. The second-order valence-electron chi connectivity index (χ2n) is 8.86. The van der Waals surface area contributed by atoms with Crippen LogP contribution in [0.15, 0.2) is 35.6 Å². The number of aromatic nitrogens is 1. The van der Waals surface area contributed by atoms with E-state index in [4.69, 9.17) is 4.74 Å². The zero-order valence-corrected chi connectivity index (χ0v) is 21.7. The van der Waals surface area contributed by atoms with Crippen LogP contribution in [0.25, 0.3) is 0 Å². The molecule has 35 heavy (non-hydrogen) atoms. The van der Waals surface area contributed by atoms with Gasteiger partial charge in [0, 0.05) is 45.0 Å². The number of nitrogens with zero attached hydrogens (tertiary/aromatic N) is 4. The van der Waals surface area contributed by atoms with Gasteiger partial charge in [-0.3, -0.25) is 14.5 Å². The van der Waals surface area contributed by atoms with Crippen LogP contribution in [-0.4, -0.2) is 84.1 Å². The summed E-state index contributed by atoms with van der Waals surface area (Å²) in [6.07, 6.45) is 0. The maximum absolute atomic E-state index is 13.7. The van der Waals surface area contributed by atoms with E-state index in [-0.39, 0.29) is 11.4 Å². The van der Waals surface area contributed by atoms with Gasteiger partial charge in [0.1, 0.15) is 0 Å². The average molecular weight is 499 g/mol. The first-order valence-corrected chi connectivity index (χ1v) is 13.0. The van der Waals surface area contributed by atoms with E-state index in [0.717, 1.165) is 42.4 Å². The molecular weight excluding hydrogens is 464 g/mol. The second-order valence-corrected chi connectivity index (χ2v) is 10.1. The van der Waals surface area contributed by atoms with Gasteiger partial charge in [-0.2, -0.15) is 0 Å². The molecule has 1 aromatic heterocycles. The highest BCUT2D eigenvalue weighted by atomic mass is 32.1. The summed E-state index contributed by atoms with van der Waals surface area (Å²) in [6, 6.07) is 7.32. The maximum atomic E-state index is 13.7. The largest absolute Gasteiger partial charge is 0.503 e. The molecule has 1 amide bonds. The van der Waals surface area contributed by atoms with Crippen LogP contribution >= 0.6 is 11.3 Å². The zero-order chi connectivity index (χ0) is 25.1. The van der Waals surface area contributed by atoms with Crippen LogP contribution in [0.3, 0.4) is 0 Å². The Bertz CT molecular complexity index is 1100. The van der Waals surface area contributed by atoms with Crippen molar-refractivity contribution in [3.8, 4) is 0 Å². The molecule has 0 spiro atoms. The molecule has 2 aliphatic heterocycles. The number of carbonyl (C=O) groups is 2. The van der Waals surface area contributed by atoms with Crippen molar-refractivity contribution in [2.75, 3.05) is 57.4 Å². The topological polar surface area (TPSA) is 86.2 Å². The van der Waals surface area contributed by atoms with Crippen molar-refractivity contribution < 1.29 is 19.4 Å². The van der Waals surface area contributed by atoms with E-state index in [9.17, 15) is 14.7 Å². The number of benzene rings is 1. The van der Waals surface area contributed by atoms with Crippen molar-refractivity contribution in [1.82, 2.24) is 14.8 Å². The van der Waals surface area contributed by atoms with E-state index in [1.54, 1.807) is 11.8 Å². The van der Waals surface area contributed by atoms with Gasteiger partial charge < -0.3 is 19.6 Å². The molecule has 1 unspecified atom stereocenters. The van der Waals surface area contributed by atoms with Gasteiger partial charge in [-0.1, -0.05) is 12.1 Å². The summed E-state index contributed by atoms with van der Waals surface area (Å²) < 4.78 is 5.44. The Morgan fingerprint density at radius 2 is 1.80 bits per heavy atom. The highest BCUT2D eigenvalue weighted by Crippen LogP contribution is 2.40. The summed E-state index contributed by atoms with van der Waals surface area (Å²) in [4.78, 5) is 37.9. The lowest BCUT2D eigenvalue weighted by atomic mass is 9.94. The normalized spacial score (nSPS) is 19.0. The first kappa shape index (κ1) is 25.3. The molecule has 1 atom stereocenters. The van der Waals surface area contributed by atoms with Gasteiger partial charge in [0.25, 0.3) is 5.91 Å². The summed E-state index contributed by atoms with van der Waals surface area (Å²) in [5, 5.41) is 11.7. The fraction of sp³-hybridized carbons (Fsp3) is 0.500. The van der Waals surface area contributed by atoms with Gasteiger partial charge in [0.05, 0.1) is 40.4 Å². The number of aryl methyl sites for hydroxylation is 2. The number of aliphatic hydroxyl groups excluding tert-OH is 1. The molecule has 0 radical (unpaired) electrons. The molecule has 1 aromatic carbocycles. The number of thiazole rings is 1. The number of hydrogen-bond acceptors (Lipinski definition) is 8. The molecule has 3 heterocycles. The second kappa shape index (κ2) is 10.9. The number of morpholine rings is 1. The molecule has 188 valence electrons. The van der Waals surface area contributed by atoms with E-state index in [2.05, 4.69) is 28.6 Å². The molecule has 9 heteroatoms. The molecule has 1 saturated heterocycles. The predicted molar refractivity (Wildman–Crippen MR) is 137 cm³/mol. The number of ether oxygens (including phenoxy) is 1. The summed E-state index contributed by atoms with van der Waals surface area (Å²) in [6.45, 7) is 13.6. The smallest absolute Gasteiger partial charge is 0.290 e. The molecule has 2 aromatic rings. The van der Waals surface area contributed by atoms with Gasteiger partial charge in [-0.15, -0.1) is 11.3 Å². The monoisotopic (exact) mass is 498 g/mol. The van der Waals surface area contributed by atoms with Gasteiger partial charge in [-0.25, -0.2) is 4.98 Å². The minimum Gasteiger partial charge on any atom is -0.503 e. The van der Waals surface area contributed by atoms with Crippen LogP contribution in [0.5, 0.6) is 0 Å². The Morgan fingerprint density at radius 3 is 2.37 bits per heavy atom. The van der Waals surface area contributed by atoms with Crippen LogP contribution < -0.4 is 4.90 Å². The fourth-order valence-corrected chi connectivity index (χ4v) is 5.73. The standard InChI is InChI=1S/C26H34N4O4S/c1-5-29(6-2)20-9-7-19(8-10-20)22-21(23(31)25-17(3)27-18(4)35-25)24(32)26(33)30(22)12-11-28-13-15-34-16-14-28/h7-10,22,32H,5-6,11-16H2,1-4H3. The van der Waals surface area contributed by atoms with Crippen LogP contribution in [-0.2, 0) is 9.53 Å². The maximum Gasteiger partial charge on any atom is 0.290 e.